The highest BCUT2D eigenvalue weighted by molar-refractivity contribution is 6.17. The second-order valence-electron chi connectivity index (χ2n) is 4.39. The molecule has 0 unspecified atom stereocenters. The maximum absolute atomic E-state index is 12.2. The molecule has 0 radical (unpaired) electrons. The first-order chi connectivity index (χ1) is 8.72. The van der Waals surface area contributed by atoms with E-state index in [9.17, 15) is 4.79 Å². The average molecular weight is 272 g/mol. The van der Waals surface area contributed by atoms with Crippen LogP contribution in [0.2, 0.25) is 0 Å². The van der Waals surface area contributed by atoms with Crippen molar-refractivity contribution in [3.05, 3.63) is 18.0 Å². The molecule has 0 bridgehead atoms. The zero-order chi connectivity index (χ0) is 13.0. The lowest BCUT2D eigenvalue weighted by Gasteiger charge is -2.31. The van der Waals surface area contributed by atoms with Gasteiger partial charge in [0.25, 0.3) is 5.91 Å². The van der Waals surface area contributed by atoms with Crippen molar-refractivity contribution in [1.29, 1.82) is 0 Å². The van der Waals surface area contributed by atoms with E-state index >= 15 is 0 Å². The Bertz CT molecular complexity index is 400. The van der Waals surface area contributed by atoms with E-state index in [1.807, 2.05) is 4.90 Å². The maximum atomic E-state index is 12.2. The summed E-state index contributed by atoms with van der Waals surface area (Å²) in [6.07, 6.45) is 3.63. The van der Waals surface area contributed by atoms with E-state index in [1.165, 1.54) is 0 Å². The zero-order valence-corrected chi connectivity index (χ0v) is 11.3. The number of halogens is 1. The lowest BCUT2D eigenvalue weighted by Crippen LogP contribution is -2.41. The molecule has 2 rings (SSSR count). The lowest BCUT2D eigenvalue weighted by molar-refractivity contribution is 0.0151. The van der Waals surface area contributed by atoms with Crippen LogP contribution in [0, 0.1) is 0 Å². The highest BCUT2D eigenvalue weighted by atomic mass is 35.5. The zero-order valence-electron chi connectivity index (χ0n) is 10.5. The number of likely N-dealkylation sites (tertiary alicyclic amines) is 1. The van der Waals surface area contributed by atoms with Gasteiger partial charge >= 0.3 is 0 Å². The molecular weight excluding hydrogens is 254 g/mol. The SMILES string of the molecule is Cn1nccc1C(=O)N1CCC(OCCCl)CC1. The van der Waals surface area contributed by atoms with Gasteiger partial charge in [0, 0.05) is 32.2 Å². The predicted octanol–water partition coefficient (Wildman–Crippen LogP) is 1.28. The summed E-state index contributed by atoms with van der Waals surface area (Å²) in [4.78, 5) is 14.1. The number of hydrogen-bond acceptors (Lipinski definition) is 3. The number of carbonyl (C=O) groups excluding carboxylic acids is 1. The minimum Gasteiger partial charge on any atom is -0.377 e. The number of hydrogen-bond donors (Lipinski definition) is 0. The topological polar surface area (TPSA) is 47.4 Å². The van der Waals surface area contributed by atoms with E-state index in [4.69, 9.17) is 16.3 Å². The molecule has 18 heavy (non-hydrogen) atoms. The molecule has 0 atom stereocenters. The van der Waals surface area contributed by atoms with Gasteiger partial charge in [-0.15, -0.1) is 11.6 Å². The predicted molar refractivity (Wildman–Crippen MR) is 68.8 cm³/mol. The van der Waals surface area contributed by atoms with E-state index in [2.05, 4.69) is 5.10 Å². The van der Waals surface area contributed by atoms with Crippen molar-refractivity contribution in [1.82, 2.24) is 14.7 Å². The highest BCUT2D eigenvalue weighted by Crippen LogP contribution is 2.16. The summed E-state index contributed by atoms with van der Waals surface area (Å²) in [6.45, 7) is 2.05. The molecule has 2 heterocycles. The minimum absolute atomic E-state index is 0.0470. The number of amides is 1. The molecule has 1 aromatic rings. The first kappa shape index (κ1) is 13.4. The first-order valence-electron chi connectivity index (χ1n) is 6.17. The molecule has 0 saturated carbocycles. The van der Waals surface area contributed by atoms with Crippen LogP contribution in [0.4, 0.5) is 0 Å². The number of aromatic nitrogens is 2. The van der Waals surface area contributed by atoms with Gasteiger partial charge in [-0.2, -0.15) is 5.10 Å². The van der Waals surface area contributed by atoms with Gasteiger partial charge in [0.1, 0.15) is 5.69 Å². The third-order valence-corrected chi connectivity index (χ3v) is 3.35. The molecule has 0 spiro atoms. The van der Waals surface area contributed by atoms with E-state index in [-0.39, 0.29) is 12.0 Å². The van der Waals surface area contributed by atoms with Gasteiger partial charge in [0.15, 0.2) is 0 Å². The number of ether oxygens (including phenoxy) is 1. The summed E-state index contributed by atoms with van der Waals surface area (Å²) in [5.41, 5.74) is 0.634. The van der Waals surface area contributed by atoms with Crippen LogP contribution in [0.1, 0.15) is 23.3 Å². The number of piperidine rings is 1. The number of rotatable bonds is 4. The Morgan fingerprint density at radius 3 is 2.83 bits per heavy atom. The van der Waals surface area contributed by atoms with Gasteiger partial charge in [0.2, 0.25) is 0 Å². The smallest absolute Gasteiger partial charge is 0.272 e. The summed E-state index contributed by atoms with van der Waals surface area (Å²) >= 11 is 5.59. The molecule has 100 valence electrons. The molecule has 6 heteroatoms. The normalized spacial score (nSPS) is 17.1. The third-order valence-electron chi connectivity index (χ3n) is 3.20. The monoisotopic (exact) mass is 271 g/mol. The van der Waals surface area contributed by atoms with E-state index in [1.54, 1.807) is 24.0 Å². The molecule has 1 aliphatic rings. The number of nitrogens with zero attached hydrogens (tertiary/aromatic N) is 3. The van der Waals surface area contributed by atoms with E-state index in [0.717, 1.165) is 25.9 Å². The minimum atomic E-state index is 0.0470. The second-order valence-corrected chi connectivity index (χ2v) is 4.77. The average Bonchev–Trinajstić information content (AvgIpc) is 2.82. The van der Waals surface area contributed by atoms with Crippen molar-refractivity contribution in [2.45, 2.75) is 18.9 Å². The highest BCUT2D eigenvalue weighted by Gasteiger charge is 2.25. The molecule has 1 fully saturated rings. The Hall–Kier alpha value is -1.07. The fourth-order valence-electron chi connectivity index (χ4n) is 2.18. The van der Waals surface area contributed by atoms with Crippen molar-refractivity contribution in [3.63, 3.8) is 0 Å². The Labute approximate surface area is 112 Å². The number of aryl methyl sites for hydroxylation is 1. The molecule has 5 nitrogen and oxygen atoms in total. The Kier molecular flexibility index (Phi) is 4.60. The fourth-order valence-corrected chi connectivity index (χ4v) is 2.27. The van der Waals surface area contributed by atoms with Crippen LogP contribution in [0.25, 0.3) is 0 Å². The molecule has 1 saturated heterocycles. The van der Waals surface area contributed by atoms with Crippen molar-refractivity contribution < 1.29 is 9.53 Å². The molecule has 1 aromatic heterocycles. The summed E-state index contributed by atoms with van der Waals surface area (Å²) in [5, 5.41) is 4.02. The molecule has 0 aromatic carbocycles. The van der Waals surface area contributed by atoms with Gasteiger partial charge < -0.3 is 9.64 Å². The van der Waals surface area contributed by atoms with E-state index in [0.29, 0.717) is 18.2 Å². The molecule has 0 N–H and O–H groups in total. The molecular formula is C12H18ClN3O2. The van der Waals surface area contributed by atoms with Crippen molar-refractivity contribution in [3.8, 4) is 0 Å². The Morgan fingerprint density at radius 1 is 1.56 bits per heavy atom. The Balaban J connectivity index is 1.86. The molecule has 1 amide bonds. The fraction of sp³-hybridized carbons (Fsp3) is 0.667. The molecule has 0 aliphatic carbocycles. The number of carbonyl (C=O) groups is 1. The Morgan fingerprint density at radius 2 is 2.28 bits per heavy atom. The van der Waals surface area contributed by atoms with Gasteiger partial charge in [-0.3, -0.25) is 9.48 Å². The van der Waals surface area contributed by atoms with Gasteiger partial charge in [-0.05, 0) is 18.9 Å². The second kappa shape index (κ2) is 6.20. The van der Waals surface area contributed by atoms with Crippen LogP contribution in [0.3, 0.4) is 0 Å². The van der Waals surface area contributed by atoms with Crippen molar-refractivity contribution in [2.24, 2.45) is 7.05 Å². The van der Waals surface area contributed by atoms with Crippen LogP contribution < -0.4 is 0 Å². The molecule has 1 aliphatic heterocycles. The lowest BCUT2D eigenvalue weighted by atomic mass is 10.1. The van der Waals surface area contributed by atoms with Crippen LogP contribution in [0.5, 0.6) is 0 Å². The van der Waals surface area contributed by atoms with Crippen LogP contribution in [0.15, 0.2) is 12.3 Å². The van der Waals surface area contributed by atoms with Gasteiger partial charge in [-0.1, -0.05) is 0 Å². The number of alkyl halides is 1. The summed E-state index contributed by atoms with van der Waals surface area (Å²) in [7, 11) is 1.78. The van der Waals surface area contributed by atoms with Crippen LogP contribution in [-0.2, 0) is 11.8 Å². The standard InChI is InChI=1S/C12H18ClN3O2/c1-15-11(2-6-14-15)12(17)16-7-3-10(4-8-16)18-9-5-13/h2,6,10H,3-5,7-9H2,1H3. The van der Waals surface area contributed by atoms with Gasteiger partial charge in [-0.25, -0.2) is 0 Å². The summed E-state index contributed by atoms with van der Waals surface area (Å²) < 4.78 is 7.20. The van der Waals surface area contributed by atoms with Crippen LogP contribution in [-0.4, -0.2) is 52.3 Å². The van der Waals surface area contributed by atoms with Crippen molar-refractivity contribution >= 4 is 17.5 Å². The first-order valence-corrected chi connectivity index (χ1v) is 6.70. The summed E-state index contributed by atoms with van der Waals surface area (Å²) in [5.74, 6) is 0.569. The maximum Gasteiger partial charge on any atom is 0.272 e. The quantitative estimate of drug-likeness (QED) is 0.775. The summed E-state index contributed by atoms with van der Waals surface area (Å²) in [6, 6.07) is 1.75. The van der Waals surface area contributed by atoms with Gasteiger partial charge in [0.05, 0.1) is 12.7 Å². The van der Waals surface area contributed by atoms with Crippen molar-refractivity contribution in [2.75, 3.05) is 25.6 Å². The third kappa shape index (κ3) is 3.03. The largest absolute Gasteiger partial charge is 0.377 e. The van der Waals surface area contributed by atoms with E-state index < -0.39 is 0 Å². The van der Waals surface area contributed by atoms with Crippen LogP contribution >= 0.6 is 11.6 Å².